The Morgan fingerprint density at radius 2 is 1.85 bits per heavy atom. The molecule has 1 rings (SSSR count). The Morgan fingerprint density at radius 3 is 2.55 bits per heavy atom. The Bertz CT molecular complexity index is 371. The van der Waals surface area contributed by atoms with Gasteiger partial charge in [-0.3, -0.25) is 0 Å². The van der Waals surface area contributed by atoms with Gasteiger partial charge in [-0.2, -0.15) is 0 Å². The van der Waals surface area contributed by atoms with Crippen LogP contribution in [0.1, 0.15) is 12.0 Å². The summed E-state index contributed by atoms with van der Waals surface area (Å²) >= 11 is 0. The lowest BCUT2D eigenvalue weighted by Gasteiger charge is -2.12. The van der Waals surface area contributed by atoms with Crippen LogP contribution >= 0.6 is 0 Å². The van der Waals surface area contributed by atoms with Crippen LogP contribution in [0.5, 0.6) is 11.5 Å². The van der Waals surface area contributed by atoms with Gasteiger partial charge in [0.15, 0.2) is 11.5 Å². The highest BCUT2D eigenvalue weighted by atomic mass is 16.5. The summed E-state index contributed by atoms with van der Waals surface area (Å²) in [5.41, 5.74) is 1.16. The molecule has 0 aliphatic carbocycles. The van der Waals surface area contributed by atoms with E-state index in [1.54, 1.807) is 14.2 Å². The molecule has 0 aliphatic rings. The van der Waals surface area contributed by atoms with Gasteiger partial charge >= 0.3 is 0 Å². The van der Waals surface area contributed by atoms with Gasteiger partial charge in [0.25, 0.3) is 0 Å². The lowest BCUT2D eigenvalue weighted by molar-refractivity contribution is 0.0799. The first-order valence-electron chi connectivity index (χ1n) is 6.82. The Labute approximate surface area is 121 Å². The summed E-state index contributed by atoms with van der Waals surface area (Å²) in [6.07, 6.45) is 0.900. The van der Waals surface area contributed by atoms with Crippen LogP contribution in [0.3, 0.4) is 0 Å². The first-order chi connectivity index (χ1) is 9.81. The number of methoxy groups -OCH3 is 2. The van der Waals surface area contributed by atoms with E-state index in [0.29, 0.717) is 19.8 Å². The zero-order valence-corrected chi connectivity index (χ0v) is 12.6. The molecule has 0 saturated carbocycles. The average Bonchev–Trinajstić information content (AvgIpc) is 2.47. The van der Waals surface area contributed by atoms with Crippen molar-refractivity contribution in [2.75, 3.05) is 47.7 Å². The molecule has 20 heavy (non-hydrogen) atoms. The van der Waals surface area contributed by atoms with Crippen molar-refractivity contribution in [1.29, 1.82) is 0 Å². The number of rotatable bonds is 11. The predicted octanol–water partition coefficient (Wildman–Crippen LogP) is 1.85. The molecule has 0 saturated heterocycles. The van der Waals surface area contributed by atoms with Gasteiger partial charge < -0.3 is 24.3 Å². The van der Waals surface area contributed by atoms with Gasteiger partial charge in [-0.25, -0.2) is 0 Å². The normalized spacial score (nSPS) is 10.6. The first kappa shape index (κ1) is 16.8. The summed E-state index contributed by atoms with van der Waals surface area (Å²) in [6.45, 7) is 3.28. The first-order valence-corrected chi connectivity index (χ1v) is 6.82. The van der Waals surface area contributed by atoms with E-state index < -0.39 is 0 Å². The highest BCUT2D eigenvalue weighted by molar-refractivity contribution is 5.42. The third kappa shape index (κ3) is 6.23. The monoisotopic (exact) mass is 283 g/mol. The maximum atomic E-state index is 5.71. The van der Waals surface area contributed by atoms with E-state index in [0.717, 1.165) is 36.6 Å². The van der Waals surface area contributed by atoms with Crippen LogP contribution < -0.4 is 14.8 Å². The highest BCUT2D eigenvalue weighted by Crippen LogP contribution is 2.27. The molecule has 5 nitrogen and oxygen atoms in total. The fourth-order valence-electron chi connectivity index (χ4n) is 1.77. The molecule has 1 N–H and O–H groups in total. The second kappa shape index (κ2) is 10.5. The molecule has 0 aliphatic heterocycles. The maximum absolute atomic E-state index is 5.71. The number of ether oxygens (including phenoxy) is 4. The molecule has 114 valence electrons. The molecule has 5 heteroatoms. The van der Waals surface area contributed by atoms with Crippen LogP contribution in [0.15, 0.2) is 18.2 Å². The van der Waals surface area contributed by atoms with Crippen molar-refractivity contribution in [2.24, 2.45) is 0 Å². The largest absolute Gasteiger partial charge is 0.493 e. The SMILES string of the molecule is CNCc1ccc(OC)c(OCCOCCCOC)c1. The number of nitrogens with one attached hydrogen (secondary N) is 1. The van der Waals surface area contributed by atoms with Crippen molar-refractivity contribution in [3.63, 3.8) is 0 Å². The molecule has 0 heterocycles. The predicted molar refractivity (Wildman–Crippen MR) is 78.6 cm³/mol. The molecular weight excluding hydrogens is 258 g/mol. The van der Waals surface area contributed by atoms with Gasteiger partial charge in [-0.1, -0.05) is 6.07 Å². The van der Waals surface area contributed by atoms with Crippen molar-refractivity contribution < 1.29 is 18.9 Å². The highest BCUT2D eigenvalue weighted by Gasteiger charge is 2.05. The molecule has 0 amide bonds. The number of hydrogen-bond acceptors (Lipinski definition) is 5. The summed E-state index contributed by atoms with van der Waals surface area (Å²) in [7, 11) is 5.24. The van der Waals surface area contributed by atoms with E-state index in [1.807, 2.05) is 25.2 Å². The molecule has 1 aromatic rings. The Hall–Kier alpha value is -1.30. The van der Waals surface area contributed by atoms with E-state index in [9.17, 15) is 0 Å². The van der Waals surface area contributed by atoms with Crippen LogP contribution in [0.4, 0.5) is 0 Å². The van der Waals surface area contributed by atoms with Gasteiger partial charge in [0.1, 0.15) is 6.61 Å². The van der Waals surface area contributed by atoms with E-state index >= 15 is 0 Å². The molecule has 0 unspecified atom stereocenters. The zero-order valence-electron chi connectivity index (χ0n) is 12.6. The average molecular weight is 283 g/mol. The third-order valence-corrected chi connectivity index (χ3v) is 2.73. The van der Waals surface area contributed by atoms with E-state index in [-0.39, 0.29) is 0 Å². The van der Waals surface area contributed by atoms with Crippen LogP contribution in [0, 0.1) is 0 Å². The maximum Gasteiger partial charge on any atom is 0.161 e. The Kier molecular flexibility index (Phi) is 8.78. The van der Waals surface area contributed by atoms with Crippen LogP contribution in [0.2, 0.25) is 0 Å². The number of benzene rings is 1. The third-order valence-electron chi connectivity index (χ3n) is 2.73. The minimum atomic E-state index is 0.506. The summed E-state index contributed by atoms with van der Waals surface area (Å²) in [5.74, 6) is 1.49. The summed E-state index contributed by atoms with van der Waals surface area (Å²) in [5, 5.41) is 3.11. The molecule has 1 aromatic carbocycles. The second-order valence-corrected chi connectivity index (χ2v) is 4.32. The lowest BCUT2D eigenvalue weighted by Crippen LogP contribution is -2.10. The summed E-state index contributed by atoms with van der Waals surface area (Å²) in [4.78, 5) is 0. The van der Waals surface area contributed by atoms with Crippen molar-refractivity contribution >= 4 is 0 Å². The molecule has 0 spiro atoms. The van der Waals surface area contributed by atoms with Crippen molar-refractivity contribution in [1.82, 2.24) is 5.32 Å². The van der Waals surface area contributed by atoms with Gasteiger partial charge in [-0.05, 0) is 31.2 Å². The van der Waals surface area contributed by atoms with Gasteiger partial charge in [0.05, 0.1) is 13.7 Å². The van der Waals surface area contributed by atoms with Crippen LogP contribution in [-0.2, 0) is 16.0 Å². The second-order valence-electron chi connectivity index (χ2n) is 4.32. The minimum Gasteiger partial charge on any atom is -0.493 e. The number of hydrogen-bond donors (Lipinski definition) is 1. The lowest BCUT2D eigenvalue weighted by atomic mass is 10.2. The van der Waals surface area contributed by atoms with E-state index in [1.165, 1.54) is 0 Å². The Balaban J connectivity index is 2.35. The fraction of sp³-hybridized carbons (Fsp3) is 0.600. The van der Waals surface area contributed by atoms with E-state index in [2.05, 4.69) is 5.32 Å². The molecule has 0 fully saturated rings. The standard InChI is InChI=1S/C15H25NO4/c1-16-12-13-5-6-14(18-3)15(11-13)20-10-9-19-8-4-7-17-2/h5-6,11,16H,4,7-10,12H2,1-3H3. The van der Waals surface area contributed by atoms with Crippen LogP contribution in [-0.4, -0.2) is 47.7 Å². The van der Waals surface area contributed by atoms with Gasteiger partial charge in [0, 0.05) is 26.9 Å². The van der Waals surface area contributed by atoms with Gasteiger partial charge in [-0.15, -0.1) is 0 Å². The topological polar surface area (TPSA) is 49.0 Å². The quantitative estimate of drug-likeness (QED) is 0.628. The zero-order chi connectivity index (χ0) is 14.6. The van der Waals surface area contributed by atoms with Gasteiger partial charge in [0.2, 0.25) is 0 Å². The van der Waals surface area contributed by atoms with Crippen LogP contribution in [0.25, 0.3) is 0 Å². The van der Waals surface area contributed by atoms with Crippen molar-refractivity contribution in [2.45, 2.75) is 13.0 Å². The minimum absolute atomic E-state index is 0.506. The molecular formula is C15H25NO4. The molecule has 0 aromatic heterocycles. The van der Waals surface area contributed by atoms with Crippen molar-refractivity contribution in [3.8, 4) is 11.5 Å². The molecule has 0 atom stereocenters. The van der Waals surface area contributed by atoms with Crippen molar-refractivity contribution in [3.05, 3.63) is 23.8 Å². The smallest absolute Gasteiger partial charge is 0.161 e. The molecule has 0 bridgehead atoms. The Morgan fingerprint density at radius 1 is 1.00 bits per heavy atom. The fourth-order valence-corrected chi connectivity index (χ4v) is 1.77. The molecule has 0 radical (unpaired) electrons. The van der Waals surface area contributed by atoms with E-state index in [4.69, 9.17) is 18.9 Å². The summed E-state index contributed by atoms with van der Waals surface area (Å²) in [6, 6.07) is 5.92. The summed E-state index contributed by atoms with van der Waals surface area (Å²) < 4.78 is 21.4.